The van der Waals surface area contributed by atoms with Crippen LogP contribution in [0.2, 0.25) is 0 Å². The van der Waals surface area contributed by atoms with Gasteiger partial charge >= 0.3 is 5.97 Å². The number of aliphatic carboxylic acids is 1. The maximum Gasteiger partial charge on any atom is 0.323 e. The summed E-state index contributed by atoms with van der Waals surface area (Å²) in [4.78, 5) is 24.8. The molecule has 3 rings (SSSR count). The van der Waals surface area contributed by atoms with Crippen LogP contribution >= 0.6 is 24.0 Å². The number of carbonyl (C=O) groups excluding carboxylic acids is 1. The highest BCUT2D eigenvalue weighted by Gasteiger charge is 2.33. The van der Waals surface area contributed by atoms with Crippen LogP contribution in [0, 0.1) is 20.8 Å². The van der Waals surface area contributed by atoms with Crippen molar-refractivity contribution in [2.45, 2.75) is 20.8 Å². The number of hydrogen-bond acceptors (Lipinski definition) is 4. The molecular formula is C21H19NO3S2. The van der Waals surface area contributed by atoms with Gasteiger partial charge in [-0.25, -0.2) is 0 Å². The van der Waals surface area contributed by atoms with E-state index in [2.05, 4.69) is 32.9 Å². The predicted octanol–water partition coefficient (Wildman–Crippen LogP) is 4.56. The first-order valence-electron chi connectivity index (χ1n) is 8.41. The lowest BCUT2D eigenvalue weighted by atomic mass is 9.93. The van der Waals surface area contributed by atoms with Crippen LogP contribution < -0.4 is 0 Å². The maximum atomic E-state index is 12.4. The van der Waals surface area contributed by atoms with E-state index in [0.29, 0.717) is 4.91 Å². The summed E-state index contributed by atoms with van der Waals surface area (Å²) >= 11 is 6.25. The summed E-state index contributed by atoms with van der Waals surface area (Å²) in [5.74, 6) is -1.44. The van der Waals surface area contributed by atoms with Gasteiger partial charge in [0.2, 0.25) is 0 Å². The van der Waals surface area contributed by atoms with Crippen molar-refractivity contribution in [3.8, 4) is 11.1 Å². The van der Waals surface area contributed by atoms with Gasteiger partial charge in [-0.3, -0.25) is 14.5 Å². The minimum absolute atomic E-state index is 0.274. The van der Waals surface area contributed by atoms with Crippen molar-refractivity contribution in [1.29, 1.82) is 0 Å². The molecule has 0 bridgehead atoms. The van der Waals surface area contributed by atoms with Crippen molar-refractivity contribution in [3.63, 3.8) is 0 Å². The average Bonchev–Trinajstić information content (AvgIpc) is 2.82. The van der Waals surface area contributed by atoms with E-state index in [-0.39, 0.29) is 10.2 Å². The first kappa shape index (κ1) is 19.3. The van der Waals surface area contributed by atoms with Crippen molar-refractivity contribution in [3.05, 3.63) is 63.6 Å². The number of aryl methyl sites for hydroxylation is 3. The van der Waals surface area contributed by atoms with Gasteiger partial charge in [0.05, 0.1) is 4.91 Å². The number of hydrogen-bond donors (Lipinski definition) is 1. The Bertz CT molecular complexity index is 954. The van der Waals surface area contributed by atoms with E-state index >= 15 is 0 Å². The van der Waals surface area contributed by atoms with E-state index in [4.69, 9.17) is 17.3 Å². The summed E-state index contributed by atoms with van der Waals surface area (Å²) in [7, 11) is 0. The van der Waals surface area contributed by atoms with Crippen LogP contribution in [-0.4, -0.2) is 32.7 Å². The fraction of sp³-hybridized carbons (Fsp3) is 0.190. The molecule has 0 spiro atoms. The number of benzene rings is 2. The number of carboxylic acids is 1. The zero-order valence-electron chi connectivity index (χ0n) is 15.3. The highest BCUT2D eigenvalue weighted by atomic mass is 32.2. The smallest absolute Gasteiger partial charge is 0.323 e. The van der Waals surface area contributed by atoms with Gasteiger partial charge < -0.3 is 5.11 Å². The number of amides is 1. The lowest BCUT2D eigenvalue weighted by Gasteiger charge is -2.12. The normalized spacial score (nSPS) is 15.7. The molecule has 27 heavy (non-hydrogen) atoms. The van der Waals surface area contributed by atoms with Crippen LogP contribution in [-0.2, 0) is 9.59 Å². The predicted molar refractivity (Wildman–Crippen MR) is 114 cm³/mol. The van der Waals surface area contributed by atoms with Gasteiger partial charge in [-0.05, 0) is 54.7 Å². The van der Waals surface area contributed by atoms with E-state index in [1.165, 1.54) is 22.3 Å². The number of carbonyl (C=O) groups is 2. The van der Waals surface area contributed by atoms with Crippen molar-refractivity contribution in [2.75, 3.05) is 6.54 Å². The molecular weight excluding hydrogens is 378 g/mol. The molecule has 0 unspecified atom stereocenters. The van der Waals surface area contributed by atoms with Crippen LogP contribution in [0.15, 0.2) is 41.3 Å². The lowest BCUT2D eigenvalue weighted by Crippen LogP contribution is -2.33. The first-order valence-corrected chi connectivity index (χ1v) is 9.64. The number of thiocarbonyl (C=S) groups is 1. The molecule has 2 aromatic rings. The van der Waals surface area contributed by atoms with Crippen molar-refractivity contribution >= 4 is 46.3 Å². The number of thioether (sulfide) groups is 1. The molecule has 1 N–H and O–H groups in total. The third kappa shape index (κ3) is 4.12. The Morgan fingerprint density at radius 1 is 1.15 bits per heavy atom. The van der Waals surface area contributed by atoms with Crippen LogP contribution in [0.4, 0.5) is 0 Å². The Labute approximate surface area is 167 Å². The highest BCUT2D eigenvalue weighted by Crippen LogP contribution is 2.33. The van der Waals surface area contributed by atoms with Gasteiger partial charge in [0.1, 0.15) is 10.9 Å². The molecule has 1 saturated heterocycles. The molecule has 2 aromatic carbocycles. The first-order chi connectivity index (χ1) is 12.8. The topological polar surface area (TPSA) is 57.6 Å². The van der Waals surface area contributed by atoms with Gasteiger partial charge in [0.25, 0.3) is 5.91 Å². The van der Waals surface area contributed by atoms with Gasteiger partial charge in [-0.2, -0.15) is 0 Å². The molecule has 1 aliphatic heterocycles. The molecule has 0 aliphatic carbocycles. The Morgan fingerprint density at radius 2 is 1.74 bits per heavy atom. The second kappa shape index (κ2) is 7.66. The summed E-state index contributed by atoms with van der Waals surface area (Å²) in [6.07, 6.45) is 1.75. The molecule has 4 nitrogen and oxygen atoms in total. The molecule has 1 aliphatic rings. The van der Waals surface area contributed by atoms with Crippen molar-refractivity contribution in [2.24, 2.45) is 0 Å². The van der Waals surface area contributed by atoms with Crippen LogP contribution in [0.3, 0.4) is 0 Å². The molecule has 6 heteroatoms. The average molecular weight is 398 g/mol. The van der Waals surface area contributed by atoms with Crippen LogP contribution in [0.5, 0.6) is 0 Å². The van der Waals surface area contributed by atoms with Crippen LogP contribution in [0.1, 0.15) is 22.3 Å². The molecule has 0 saturated carbocycles. The quantitative estimate of drug-likeness (QED) is 0.605. The van der Waals surface area contributed by atoms with E-state index in [9.17, 15) is 9.59 Å². The van der Waals surface area contributed by atoms with E-state index in [0.717, 1.165) is 27.8 Å². The standard InChI is InChI=1S/C21H19NO3S2/c1-12-8-13(2)19(14(3)9-12)16-6-4-15(5-7-16)10-17-20(25)22(11-18(23)24)21(26)27-17/h4-10H,11H2,1-3H3,(H,23,24)/b17-10+. The summed E-state index contributed by atoms with van der Waals surface area (Å²) in [5.41, 5.74) is 6.93. The largest absolute Gasteiger partial charge is 0.480 e. The maximum absolute atomic E-state index is 12.4. The molecule has 138 valence electrons. The van der Waals surface area contributed by atoms with Gasteiger partial charge in [-0.15, -0.1) is 0 Å². The Hall–Kier alpha value is -2.44. The van der Waals surface area contributed by atoms with Crippen LogP contribution in [0.25, 0.3) is 17.2 Å². The fourth-order valence-corrected chi connectivity index (χ4v) is 4.56. The second-order valence-corrected chi connectivity index (χ2v) is 8.23. The zero-order valence-corrected chi connectivity index (χ0v) is 16.9. The molecule has 0 aromatic heterocycles. The summed E-state index contributed by atoms with van der Waals surface area (Å²) in [6.45, 7) is 5.90. The van der Waals surface area contributed by atoms with Crippen molar-refractivity contribution in [1.82, 2.24) is 4.90 Å². The van der Waals surface area contributed by atoms with Gasteiger partial charge in [0.15, 0.2) is 0 Å². The number of nitrogens with zero attached hydrogens (tertiary/aromatic N) is 1. The molecule has 0 radical (unpaired) electrons. The Morgan fingerprint density at radius 3 is 2.30 bits per heavy atom. The Balaban J connectivity index is 1.87. The number of rotatable bonds is 4. The molecule has 1 amide bonds. The summed E-state index contributed by atoms with van der Waals surface area (Å²) in [6, 6.07) is 12.3. The monoisotopic (exact) mass is 397 g/mol. The highest BCUT2D eigenvalue weighted by molar-refractivity contribution is 8.26. The third-order valence-corrected chi connectivity index (χ3v) is 5.72. The third-order valence-electron chi connectivity index (χ3n) is 4.34. The summed E-state index contributed by atoms with van der Waals surface area (Å²) < 4.78 is 0.274. The lowest BCUT2D eigenvalue weighted by molar-refractivity contribution is -0.140. The Kier molecular flexibility index (Phi) is 5.48. The van der Waals surface area contributed by atoms with E-state index in [1.807, 2.05) is 24.3 Å². The fourth-order valence-electron chi connectivity index (χ4n) is 3.30. The number of carboxylic acid groups (broad SMARTS) is 1. The van der Waals surface area contributed by atoms with Gasteiger partial charge in [-0.1, -0.05) is 65.9 Å². The van der Waals surface area contributed by atoms with E-state index < -0.39 is 12.5 Å². The van der Waals surface area contributed by atoms with Crippen molar-refractivity contribution < 1.29 is 14.7 Å². The molecule has 1 fully saturated rings. The SMILES string of the molecule is Cc1cc(C)c(-c2ccc(/C=C3/SC(=S)N(CC(=O)O)C3=O)cc2)c(C)c1. The minimum Gasteiger partial charge on any atom is -0.480 e. The molecule has 1 heterocycles. The summed E-state index contributed by atoms with van der Waals surface area (Å²) in [5, 5.41) is 8.90. The zero-order chi connectivity index (χ0) is 19.7. The molecule has 0 atom stereocenters. The van der Waals surface area contributed by atoms with Gasteiger partial charge in [0, 0.05) is 0 Å². The minimum atomic E-state index is -1.08. The second-order valence-electron chi connectivity index (χ2n) is 6.56. The van der Waals surface area contributed by atoms with E-state index in [1.54, 1.807) is 6.08 Å².